The molecule has 2 rings (SSSR count). The minimum Gasteiger partial charge on any atom is -0.443 e. The molecule has 0 saturated heterocycles. The van der Waals surface area contributed by atoms with Crippen LogP contribution in [0.25, 0.3) is 0 Å². The Morgan fingerprint density at radius 2 is 2.22 bits per heavy atom. The van der Waals surface area contributed by atoms with Crippen LogP contribution in [0.5, 0.6) is 0 Å². The molecule has 0 spiro atoms. The molecule has 0 radical (unpaired) electrons. The van der Waals surface area contributed by atoms with Gasteiger partial charge < -0.3 is 10.1 Å². The van der Waals surface area contributed by atoms with E-state index in [4.69, 9.17) is 10.00 Å². The zero-order valence-corrected chi connectivity index (χ0v) is 14.2. The van der Waals surface area contributed by atoms with E-state index >= 15 is 0 Å². The molecule has 0 bridgehead atoms. The lowest BCUT2D eigenvalue weighted by atomic mass is 9.98. The number of hydrogen-bond acceptors (Lipinski definition) is 4. The van der Waals surface area contributed by atoms with Crippen LogP contribution in [0.15, 0.2) is 18.2 Å². The first kappa shape index (κ1) is 17.3. The number of aryl methyl sites for hydroxylation is 1. The van der Waals surface area contributed by atoms with Gasteiger partial charge in [0.05, 0.1) is 11.8 Å². The monoisotopic (exact) mass is 315 g/mol. The molecule has 1 aliphatic heterocycles. The number of anilines is 1. The Morgan fingerprint density at radius 1 is 1.43 bits per heavy atom. The Labute approximate surface area is 138 Å². The molecule has 1 aromatic rings. The number of carbonyl (C=O) groups excluding carboxylic acids is 1. The first-order chi connectivity index (χ1) is 10.9. The molecular weight excluding hydrogens is 290 g/mol. The van der Waals surface area contributed by atoms with Gasteiger partial charge in [-0.3, -0.25) is 4.90 Å². The van der Waals surface area contributed by atoms with Gasteiger partial charge in [-0.15, -0.1) is 0 Å². The van der Waals surface area contributed by atoms with Crippen molar-refractivity contribution in [3.8, 4) is 6.07 Å². The standard InChI is InChI=1S/C18H25N3O2/c1-18(2,3)23-17(22)21-12-5-9-14-7-4-8-15(16(14)21)13-20-11-6-10-19/h4,7-8,20H,5-6,9,11-13H2,1-3H3. The number of benzene rings is 1. The van der Waals surface area contributed by atoms with Gasteiger partial charge in [0.25, 0.3) is 0 Å². The number of rotatable bonds is 4. The molecule has 1 N–H and O–H groups in total. The van der Waals surface area contributed by atoms with Crippen LogP contribution in [0.4, 0.5) is 10.5 Å². The van der Waals surface area contributed by atoms with Gasteiger partial charge in [0.1, 0.15) is 5.60 Å². The highest BCUT2D eigenvalue weighted by molar-refractivity contribution is 5.90. The minimum absolute atomic E-state index is 0.289. The summed E-state index contributed by atoms with van der Waals surface area (Å²) in [6.07, 6.45) is 2.10. The second-order valence-electron chi connectivity index (χ2n) is 6.75. The quantitative estimate of drug-likeness (QED) is 0.865. The van der Waals surface area contributed by atoms with Crippen molar-refractivity contribution in [2.45, 2.75) is 52.2 Å². The van der Waals surface area contributed by atoms with Gasteiger partial charge in [0.2, 0.25) is 0 Å². The molecule has 0 unspecified atom stereocenters. The molecule has 1 aromatic carbocycles. The first-order valence-corrected chi connectivity index (χ1v) is 8.11. The Kier molecular flexibility index (Phi) is 5.62. The smallest absolute Gasteiger partial charge is 0.414 e. The molecule has 0 fully saturated rings. The number of nitrogens with one attached hydrogen (secondary N) is 1. The molecule has 0 atom stereocenters. The Bertz CT molecular complexity index is 599. The van der Waals surface area contributed by atoms with Crippen LogP contribution < -0.4 is 10.2 Å². The number of fused-ring (bicyclic) bond motifs is 1. The van der Waals surface area contributed by atoms with E-state index in [2.05, 4.69) is 17.5 Å². The summed E-state index contributed by atoms with van der Waals surface area (Å²) in [5.41, 5.74) is 2.72. The molecule has 0 aromatic heterocycles. The van der Waals surface area contributed by atoms with Crippen LogP contribution in [-0.4, -0.2) is 24.8 Å². The third-order valence-electron chi connectivity index (χ3n) is 3.64. The van der Waals surface area contributed by atoms with E-state index in [0.29, 0.717) is 26.1 Å². The van der Waals surface area contributed by atoms with Gasteiger partial charge in [-0.05, 0) is 44.7 Å². The van der Waals surface area contributed by atoms with Crippen LogP contribution in [0.3, 0.4) is 0 Å². The van der Waals surface area contributed by atoms with Gasteiger partial charge in [0, 0.05) is 26.1 Å². The lowest BCUT2D eigenvalue weighted by Crippen LogP contribution is -2.40. The SMILES string of the molecule is CC(C)(C)OC(=O)N1CCCc2cccc(CNCCC#N)c21. The molecule has 1 heterocycles. The maximum atomic E-state index is 12.5. The number of hydrogen-bond donors (Lipinski definition) is 1. The zero-order valence-electron chi connectivity index (χ0n) is 14.2. The number of carbonyl (C=O) groups is 1. The summed E-state index contributed by atoms with van der Waals surface area (Å²) in [4.78, 5) is 14.3. The first-order valence-electron chi connectivity index (χ1n) is 8.11. The molecule has 1 aliphatic rings. The van der Waals surface area contributed by atoms with E-state index in [1.165, 1.54) is 5.56 Å². The van der Waals surface area contributed by atoms with Crippen molar-refractivity contribution in [1.29, 1.82) is 5.26 Å². The van der Waals surface area contributed by atoms with Gasteiger partial charge in [0.15, 0.2) is 0 Å². The van der Waals surface area contributed by atoms with E-state index in [1.807, 2.05) is 32.9 Å². The number of nitrogens with zero attached hydrogens (tertiary/aromatic N) is 2. The number of nitriles is 1. The van der Waals surface area contributed by atoms with Crippen molar-refractivity contribution in [1.82, 2.24) is 5.32 Å². The highest BCUT2D eigenvalue weighted by Gasteiger charge is 2.28. The van der Waals surface area contributed by atoms with Crippen LogP contribution >= 0.6 is 0 Å². The van der Waals surface area contributed by atoms with Crippen molar-refractivity contribution in [2.75, 3.05) is 18.0 Å². The van der Waals surface area contributed by atoms with Crippen LogP contribution in [0.1, 0.15) is 44.7 Å². The highest BCUT2D eigenvalue weighted by Crippen LogP contribution is 2.32. The predicted octanol–water partition coefficient (Wildman–Crippen LogP) is 3.38. The number of ether oxygens (including phenoxy) is 1. The molecule has 5 heteroatoms. The van der Waals surface area contributed by atoms with E-state index in [-0.39, 0.29) is 6.09 Å². The molecule has 5 nitrogen and oxygen atoms in total. The minimum atomic E-state index is -0.505. The molecule has 0 aliphatic carbocycles. The average Bonchev–Trinajstić information content (AvgIpc) is 2.49. The summed E-state index contributed by atoms with van der Waals surface area (Å²) in [6.45, 7) is 7.61. The van der Waals surface area contributed by atoms with Gasteiger partial charge in [-0.1, -0.05) is 18.2 Å². The van der Waals surface area contributed by atoms with Crippen LogP contribution in [0.2, 0.25) is 0 Å². The van der Waals surface area contributed by atoms with E-state index in [9.17, 15) is 4.79 Å². The maximum Gasteiger partial charge on any atom is 0.414 e. The normalized spacial score (nSPS) is 14.1. The molecule has 0 saturated carbocycles. The van der Waals surface area contributed by atoms with Crippen molar-refractivity contribution < 1.29 is 9.53 Å². The van der Waals surface area contributed by atoms with E-state index < -0.39 is 5.60 Å². The van der Waals surface area contributed by atoms with Crippen molar-refractivity contribution >= 4 is 11.8 Å². The second kappa shape index (κ2) is 7.47. The van der Waals surface area contributed by atoms with Crippen LogP contribution in [0, 0.1) is 11.3 Å². The fraction of sp³-hybridized carbons (Fsp3) is 0.556. The summed E-state index contributed by atoms with van der Waals surface area (Å²) >= 11 is 0. The lowest BCUT2D eigenvalue weighted by molar-refractivity contribution is 0.0577. The summed E-state index contributed by atoms with van der Waals surface area (Å²) < 4.78 is 5.56. The maximum absolute atomic E-state index is 12.5. The van der Waals surface area contributed by atoms with Crippen molar-refractivity contribution in [2.24, 2.45) is 0 Å². The summed E-state index contributed by atoms with van der Waals surface area (Å²) in [5.74, 6) is 0. The molecule has 1 amide bonds. The fourth-order valence-corrected chi connectivity index (χ4v) is 2.74. The average molecular weight is 315 g/mol. The molecule has 23 heavy (non-hydrogen) atoms. The number of para-hydroxylation sites is 1. The summed E-state index contributed by atoms with van der Waals surface area (Å²) in [7, 11) is 0. The Morgan fingerprint density at radius 3 is 2.91 bits per heavy atom. The zero-order chi connectivity index (χ0) is 16.9. The van der Waals surface area contributed by atoms with E-state index in [0.717, 1.165) is 24.1 Å². The highest BCUT2D eigenvalue weighted by atomic mass is 16.6. The van der Waals surface area contributed by atoms with Gasteiger partial charge in [-0.25, -0.2) is 4.79 Å². The summed E-state index contributed by atoms with van der Waals surface area (Å²) in [5, 5.41) is 11.9. The third kappa shape index (κ3) is 4.70. The van der Waals surface area contributed by atoms with Gasteiger partial charge in [-0.2, -0.15) is 5.26 Å². The predicted molar refractivity (Wildman–Crippen MR) is 90.3 cm³/mol. The van der Waals surface area contributed by atoms with E-state index in [1.54, 1.807) is 4.90 Å². The lowest BCUT2D eigenvalue weighted by Gasteiger charge is -2.33. The second-order valence-corrected chi connectivity index (χ2v) is 6.75. The fourth-order valence-electron chi connectivity index (χ4n) is 2.74. The Hall–Kier alpha value is -2.06. The van der Waals surface area contributed by atoms with Crippen molar-refractivity contribution in [3.05, 3.63) is 29.3 Å². The van der Waals surface area contributed by atoms with Crippen molar-refractivity contribution in [3.63, 3.8) is 0 Å². The third-order valence-corrected chi connectivity index (χ3v) is 3.64. The topological polar surface area (TPSA) is 65.4 Å². The summed E-state index contributed by atoms with van der Waals surface area (Å²) in [6, 6.07) is 8.25. The number of amides is 1. The molecular formula is C18H25N3O2. The largest absolute Gasteiger partial charge is 0.443 e. The Balaban J connectivity index is 2.21. The van der Waals surface area contributed by atoms with Crippen LogP contribution in [-0.2, 0) is 17.7 Å². The molecule has 124 valence electrons. The van der Waals surface area contributed by atoms with Gasteiger partial charge >= 0.3 is 6.09 Å².